The molecule has 0 saturated carbocycles. The summed E-state index contributed by atoms with van der Waals surface area (Å²) >= 11 is 0. The summed E-state index contributed by atoms with van der Waals surface area (Å²) in [5.41, 5.74) is 2.32. The van der Waals surface area contributed by atoms with Crippen molar-refractivity contribution in [3.8, 4) is 11.3 Å². The number of hydrogen-bond acceptors (Lipinski definition) is 6. The van der Waals surface area contributed by atoms with Crippen LogP contribution in [0, 0.1) is 0 Å². The SMILES string of the molecule is O=C(Nc1cccc(-c2ccc(N3CCOCC3)nn2)c1)c1ccc(=O)[nH]c1. The summed E-state index contributed by atoms with van der Waals surface area (Å²) in [6.45, 7) is 3.00. The van der Waals surface area contributed by atoms with Gasteiger partial charge in [0.2, 0.25) is 5.56 Å². The van der Waals surface area contributed by atoms with Crippen LogP contribution in [-0.4, -0.2) is 47.4 Å². The number of amides is 1. The Bertz CT molecular complexity index is 1010. The van der Waals surface area contributed by atoms with Gasteiger partial charge in [-0.1, -0.05) is 12.1 Å². The first kappa shape index (κ1) is 17.9. The van der Waals surface area contributed by atoms with Crippen molar-refractivity contribution in [1.29, 1.82) is 0 Å². The highest BCUT2D eigenvalue weighted by atomic mass is 16.5. The van der Waals surface area contributed by atoms with Gasteiger partial charge in [-0.2, -0.15) is 0 Å². The maximum absolute atomic E-state index is 12.3. The molecule has 28 heavy (non-hydrogen) atoms. The van der Waals surface area contributed by atoms with Crippen molar-refractivity contribution in [3.63, 3.8) is 0 Å². The van der Waals surface area contributed by atoms with E-state index in [9.17, 15) is 9.59 Å². The molecule has 1 amide bonds. The minimum Gasteiger partial charge on any atom is -0.378 e. The summed E-state index contributed by atoms with van der Waals surface area (Å²) in [7, 11) is 0. The molecule has 1 aromatic carbocycles. The van der Waals surface area contributed by atoms with Gasteiger partial charge in [0.15, 0.2) is 5.82 Å². The zero-order valence-electron chi connectivity index (χ0n) is 15.1. The van der Waals surface area contributed by atoms with Gasteiger partial charge < -0.3 is 19.9 Å². The number of morpholine rings is 1. The van der Waals surface area contributed by atoms with Crippen LogP contribution in [0.25, 0.3) is 11.3 Å². The molecule has 142 valence electrons. The van der Waals surface area contributed by atoms with E-state index in [-0.39, 0.29) is 11.5 Å². The zero-order valence-corrected chi connectivity index (χ0v) is 15.1. The Hall–Kier alpha value is -3.52. The molecular formula is C20H19N5O3. The number of carbonyl (C=O) groups excluding carboxylic acids is 1. The fourth-order valence-electron chi connectivity index (χ4n) is 2.95. The van der Waals surface area contributed by atoms with Gasteiger partial charge in [-0.25, -0.2) is 0 Å². The summed E-state index contributed by atoms with van der Waals surface area (Å²) in [6.07, 6.45) is 1.39. The van der Waals surface area contributed by atoms with Crippen LogP contribution in [0.4, 0.5) is 11.5 Å². The molecule has 0 bridgehead atoms. The van der Waals surface area contributed by atoms with E-state index in [1.807, 2.05) is 30.3 Å². The molecule has 8 nitrogen and oxygen atoms in total. The van der Waals surface area contributed by atoms with E-state index in [2.05, 4.69) is 25.4 Å². The second kappa shape index (κ2) is 8.01. The standard InChI is InChI=1S/C20H19N5O3/c26-19-7-4-15(13-21-19)20(27)22-16-3-1-2-14(12-16)17-5-6-18(24-23-17)25-8-10-28-11-9-25/h1-7,12-13H,8-11H2,(H,21,26)(H,22,27). The number of ether oxygens (including phenoxy) is 1. The van der Waals surface area contributed by atoms with E-state index in [4.69, 9.17) is 4.74 Å². The van der Waals surface area contributed by atoms with Crippen molar-refractivity contribution < 1.29 is 9.53 Å². The number of hydrogen-bond donors (Lipinski definition) is 2. The molecule has 1 aliphatic rings. The maximum atomic E-state index is 12.3. The van der Waals surface area contributed by atoms with Crippen LogP contribution in [0.1, 0.15) is 10.4 Å². The molecule has 3 heterocycles. The minimum atomic E-state index is -0.304. The quantitative estimate of drug-likeness (QED) is 0.721. The van der Waals surface area contributed by atoms with Gasteiger partial charge in [0.1, 0.15) is 0 Å². The maximum Gasteiger partial charge on any atom is 0.257 e. The van der Waals surface area contributed by atoms with Gasteiger partial charge in [0.05, 0.1) is 24.5 Å². The Labute approximate surface area is 161 Å². The average molecular weight is 377 g/mol. The number of anilines is 2. The molecular weight excluding hydrogens is 358 g/mol. The van der Waals surface area contributed by atoms with E-state index in [1.54, 1.807) is 6.07 Å². The third-order valence-corrected chi connectivity index (χ3v) is 4.45. The van der Waals surface area contributed by atoms with Crippen molar-refractivity contribution in [2.45, 2.75) is 0 Å². The number of benzene rings is 1. The van der Waals surface area contributed by atoms with Crippen LogP contribution < -0.4 is 15.8 Å². The predicted octanol–water partition coefficient (Wildman–Crippen LogP) is 1.92. The number of pyridine rings is 1. The zero-order chi connectivity index (χ0) is 19.3. The number of carbonyl (C=O) groups is 1. The Morgan fingerprint density at radius 1 is 1.07 bits per heavy atom. The van der Waals surface area contributed by atoms with E-state index in [1.165, 1.54) is 18.3 Å². The molecule has 4 rings (SSSR count). The number of nitrogens with zero attached hydrogens (tertiary/aromatic N) is 3. The first-order valence-electron chi connectivity index (χ1n) is 8.96. The van der Waals surface area contributed by atoms with Crippen molar-refractivity contribution in [2.75, 3.05) is 36.5 Å². The fraction of sp³-hybridized carbons (Fsp3) is 0.200. The van der Waals surface area contributed by atoms with Crippen LogP contribution in [0.2, 0.25) is 0 Å². The number of nitrogens with one attached hydrogen (secondary N) is 2. The van der Waals surface area contributed by atoms with Gasteiger partial charge in [0, 0.05) is 36.6 Å². The highest BCUT2D eigenvalue weighted by molar-refractivity contribution is 6.04. The topological polar surface area (TPSA) is 100 Å². The lowest BCUT2D eigenvalue weighted by atomic mass is 10.1. The highest BCUT2D eigenvalue weighted by Crippen LogP contribution is 2.22. The third-order valence-electron chi connectivity index (χ3n) is 4.45. The number of H-pyrrole nitrogens is 1. The van der Waals surface area contributed by atoms with Crippen LogP contribution in [0.3, 0.4) is 0 Å². The first-order chi connectivity index (χ1) is 13.7. The lowest BCUT2D eigenvalue weighted by molar-refractivity contribution is 0.102. The summed E-state index contributed by atoms with van der Waals surface area (Å²) in [4.78, 5) is 28.1. The largest absolute Gasteiger partial charge is 0.378 e. The lowest BCUT2D eigenvalue weighted by Gasteiger charge is -2.27. The van der Waals surface area contributed by atoms with Gasteiger partial charge in [0.25, 0.3) is 5.91 Å². The van der Waals surface area contributed by atoms with Crippen LogP contribution in [0.15, 0.2) is 59.5 Å². The second-order valence-corrected chi connectivity index (χ2v) is 6.35. The van der Waals surface area contributed by atoms with Crippen LogP contribution in [0.5, 0.6) is 0 Å². The molecule has 1 aliphatic heterocycles. The Kier molecular flexibility index (Phi) is 5.11. The average Bonchev–Trinajstić information content (AvgIpc) is 2.75. The molecule has 3 aromatic rings. The Morgan fingerprint density at radius 3 is 2.64 bits per heavy atom. The van der Waals surface area contributed by atoms with Gasteiger partial charge in [-0.3, -0.25) is 9.59 Å². The number of aromatic nitrogens is 3. The van der Waals surface area contributed by atoms with Crippen molar-refractivity contribution in [1.82, 2.24) is 15.2 Å². The lowest BCUT2D eigenvalue weighted by Crippen LogP contribution is -2.36. The molecule has 0 spiro atoms. The molecule has 0 unspecified atom stereocenters. The molecule has 0 radical (unpaired) electrons. The molecule has 2 N–H and O–H groups in total. The first-order valence-corrected chi connectivity index (χ1v) is 8.96. The van der Waals surface area contributed by atoms with E-state index >= 15 is 0 Å². The summed E-state index contributed by atoms with van der Waals surface area (Å²) in [6, 6.07) is 14.0. The number of rotatable bonds is 4. The Morgan fingerprint density at radius 2 is 1.93 bits per heavy atom. The molecule has 8 heteroatoms. The molecule has 2 aromatic heterocycles. The number of aromatic amines is 1. The molecule has 1 saturated heterocycles. The minimum absolute atomic E-state index is 0.252. The molecule has 0 aliphatic carbocycles. The normalized spacial score (nSPS) is 13.9. The Balaban J connectivity index is 1.49. The molecule has 1 fully saturated rings. The second-order valence-electron chi connectivity index (χ2n) is 6.35. The monoisotopic (exact) mass is 377 g/mol. The summed E-state index contributed by atoms with van der Waals surface area (Å²) in [5.74, 6) is 0.525. The van der Waals surface area contributed by atoms with Crippen molar-refractivity contribution >= 4 is 17.4 Å². The van der Waals surface area contributed by atoms with Crippen LogP contribution >= 0.6 is 0 Å². The predicted molar refractivity (Wildman–Crippen MR) is 106 cm³/mol. The van der Waals surface area contributed by atoms with E-state index < -0.39 is 0 Å². The van der Waals surface area contributed by atoms with E-state index in [0.29, 0.717) is 24.5 Å². The molecule has 0 atom stereocenters. The van der Waals surface area contributed by atoms with Crippen molar-refractivity contribution in [3.05, 3.63) is 70.6 Å². The van der Waals surface area contributed by atoms with E-state index in [0.717, 1.165) is 30.2 Å². The smallest absolute Gasteiger partial charge is 0.257 e. The van der Waals surface area contributed by atoms with Crippen LogP contribution in [-0.2, 0) is 4.74 Å². The van der Waals surface area contributed by atoms with Gasteiger partial charge in [-0.15, -0.1) is 10.2 Å². The highest BCUT2D eigenvalue weighted by Gasteiger charge is 2.13. The van der Waals surface area contributed by atoms with Gasteiger partial charge in [-0.05, 0) is 30.3 Å². The summed E-state index contributed by atoms with van der Waals surface area (Å²) in [5, 5.41) is 11.5. The van der Waals surface area contributed by atoms with Gasteiger partial charge >= 0.3 is 0 Å². The van der Waals surface area contributed by atoms with Crippen molar-refractivity contribution in [2.24, 2.45) is 0 Å². The third kappa shape index (κ3) is 4.07. The summed E-state index contributed by atoms with van der Waals surface area (Å²) < 4.78 is 5.36. The fourth-order valence-corrected chi connectivity index (χ4v) is 2.95.